The molecule has 1 unspecified atom stereocenters. The fourth-order valence-corrected chi connectivity index (χ4v) is 3.88. The highest BCUT2D eigenvalue weighted by Gasteiger charge is 2.34. The topological polar surface area (TPSA) is 70.5 Å². The van der Waals surface area contributed by atoms with Crippen LogP contribution in [0.2, 0.25) is 0 Å². The van der Waals surface area contributed by atoms with Crippen molar-refractivity contribution >= 4 is 23.2 Å². The molecule has 0 aromatic carbocycles. The molecule has 1 saturated heterocycles. The molecule has 0 saturated carbocycles. The zero-order chi connectivity index (χ0) is 15.6. The van der Waals surface area contributed by atoms with Crippen LogP contribution in [0.3, 0.4) is 0 Å². The lowest BCUT2D eigenvalue weighted by molar-refractivity contribution is -0.143. The number of carboxylic acid groups (broad SMARTS) is 1. The average Bonchev–Trinajstić information content (AvgIpc) is 2.77. The second-order valence-corrected chi connectivity index (χ2v) is 7.05. The van der Waals surface area contributed by atoms with Crippen molar-refractivity contribution in [3.63, 3.8) is 0 Å². The van der Waals surface area contributed by atoms with Crippen LogP contribution in [0.5, 0.6) is 0 Å². The Bertz CT molecular complexity index is 539. The normalized spacial score (nSPS) is 19.0. The van der Waals surface area contributed by atoms with E-state index in [-0.39, 0.29) is 5.91 Å². The molecule has 1 fully saturated rings. The quantitative estimate of drug-likeness (QED) is 0.928. The van der Waals surface area contributed by atoms with Crippen LogP contribution in [0, 0.1) is 12.8 Å². The molecule has 116 valence electrons. The van der Waals surface area contributed by atoms with E-state index < -0.39 is 12.0 Å². The number of carbonyl (C=O) groups excluding carboxylic acids is 1. The molecule has 1 aliphatic rings. The first-order valence-corrected chi connectivity index (χ1v) is 8.22. The van der Waals surface area contributed by atoms with Crippen molar-refractivity contribution in [1.82, 2.24) is 9.88 Å². The summed E-state index contributed by atoms with van der Waals surface area (Å²) >= 11 is 1.41. The number of aryl methyl sites for hydroxylation is 1. The minimum Gasteiger partial charge on any atom is -0.480 e. The predicted molar refractivity (Wildman–Crippen MR) is 81.7 cm³/mol. The van der Waals surface area contributed by atoms with Crippen LogP contribution in [-0.4, -0.2) is 39.5 Å². The summed E-state index contributed by atoms with van der Waals surface area (Å²) in [5, 5.41) is 10.2. The number of likely N-dealkylation sites (tertiary alicyclic amines) is 1. The van der Waals surface area contributed by atoms with E-state index in [0.29, 0.717) is 23.8 Å². The van der Waals surface area contributed by atoms with Crippen molar-refractivity contribution in [2.24, 2.45) is 5.92 Å². The van der Waals surface area contributed by atoms with Gasteiger partial charge in [-0.3, -0.25) is 4.79 Å². The summed E-state index contributed by atoms with van der Waals surface area (Å²) in [7, 11) is 0. The fourth-order valence-electron chi connectivity index (χ4n) is 2.65. The van der Waals surface area contributed by atoms with E-state index in [1.165, 1.54) is 16.2 Å². The van der Waals surface area contributed by atoms with E-state index in [1.54, 1.807) is 0 Å². The average molecular weight is 310 g/mol. The Hall–Kier alpha value is -1.43. The molecule has 5 nitrogen and oxygen atoms in total. The number of hydrogen-bond acceptors (Lipinski definition) is 4. The second-order valence-electron chi connectivity index (χ2n) is 5.97. The van der Waals surface area contributed by atoms with Gasteiger partial charge in [0.15, 0.2) is 0 Å². The van der Waals surface area contributed by atoms with Crippen LogP contribution in [0.1, 0.15) is 53.5 Å². The highest BCUT2D eigenvalue weighted by molar-refractivity contribution is 7.13. The summed E-state index contributed by atoms with van der Waals surface area (Å²) in [6.07, 6.45) is 3.12. The summed E-state index contributed by atoms with van der Waals surface area (Å²) in [6, 6.07) is -0.693. The summed E-state index contributed by atoms with van der Waals surface area (Å²) in [6.45, 7) is 6.58. The summed E-state index contributed by atoms with van der Waals surface area (Å²) in [4.78, 5) is 30.6. The Labute approximate surface area is 129 Å². The highest BCUT2D eigenvalue weighted by atomic mass is 32.1. The SMILES string of the molecule is Cc1nc(CC(C)C)sc1C(=O)N1CCCCC1C(=O)O. The van der Waals surface area contributed by atoms with E-state index >= 15 is 0 Å². The number of rotatable bonds is 4. The van der Waals surface area contributed by atoms with Crippen molar-refractivity contribution < 1.29 is 14.7 Å². The van der Waals surface area contributed by atoms with E-state index in [9.17, 15) is 14.7 Å². The fraction of sp³-hybridized carbons (Fsp3) is 0.667. The van der Waals surface area contributed by atoms with Crippen LogP contribution < -0.4 is 0 Å². The third-order valence-corrected chi connectivity index (χ3v) is 4.83. The molecule has 2 rings (SSSR count). The van der Waals surface area contributed by atoms with E-state index in [2.05, 4.69) is 18.8 Å². The van der Waals surface area contributed by atoms with Gasteiger partial charge in [0.25, 0.3) is 5.91 Å². The number of aliphatic carboxylic acids is 1. The summed E-state index contributed by atoms with van der Waals surface area (Å²) < 4.78 is 0. The molecule has 0 radical (unpaired) electrons. The molecule has 1 aromatic rings. The van der Waals surface area contributed by atoms with E-state index in [4.69, 9.17) is 0 Å². The lowest BCUT2D eigenvalue weighted by Crippen LogP contribution is -2.47. The minimum absolute atomic E-state index is 0.174. The van der Waals surface area contributed by atoms with Gasteiger partial charge < -0.3 is 10.0 Å². The number of amides is 1. The zero-order valence-corrected chi connectivity index (χ0v) is 13.6. The lowest BCUT2D eigenvalue weighted by atomic mass is 10.0. The van der Waals surface area contributed by atoms with Crippen LogP contribution >= 0.6 is 11.3 Å². The number of carbonyl (C=O) groups is 2. The van der Waals surface area contributed by atoms with Gasteiger partial charge in [-0.2, -0.15) is 0 Å². The van der Waals surface area contributed by atoms with Gasteiger partial charge in [-0.25, -0.2) is 9.78 Å². The largest absolute Gasteiger partial charge is 0.480 e. The van der Waals surface area contributed by atoms with Gasteiger partial charge >= 0.3 is 5.97 Å². The predicted octanol–water partition coefficient (Wildman–Crippen LogP) is 2.73. The maximum Gasteiger partial charge on any atom is 0.326 e. The molecular weight excluding hydrogens is 288 g/mol. The third kappa shape index (κ3) is 3.61. The molecule has 0 spiro atoms. The molecule has 0 aliphatic carbocycles. The van der Waals surface area contributed by atoms with Crippen molar-refractivity contribution in [2.75, 3.05) is 6.54 Å². The summed E-state index contributed by atoms with van der Waals surface area (Å²) in [5.41, 5.74) is 0.718. The van der Waals surface area contributed by atoms with Gasteiger partial charge in [0.2, 0.25) is 0 Å². The molecule has 1 amide bonds. The Morgan fingerprint density at radius 2 is 2.14 bits per heavy atom. The minimum atomic E-state index is -0.910. The molecule has 2 heterocycles. The maximum atomic E-state index is 12.7. The molecule has 21 heavy (non-hydrogen) atoms. The maximum absolute atomic E-state index is 12.7. The Kier molecular flexibility index (Phi) is 4.98. The molecule has 6 heteroatoms. The smallest absolute Gasteiger partial charge is 0.326 e. The number of thiazole rings is 1. The molecule has 1 aromatic heterocycles. The monoisotopic (exact) mass is 310 g/mol. The number of carboxylic acids is 1. The van der Waals surface area contributed by atoms with Gasteiger partial charge in [-0.05, 0) is 32.1 Å². The molecular formula is C15H22N2O3S. The first kappa shape index (κ1) is 15.9. The number of piperidine rings is 1. The molecule has 0 bridgehead atoms. The van der Waals surface area contributed by atoms with Crippen molar-refractivity contribution in [1.29, 1.82) is 0 Å². The van der Waals surface area contributed by atoms with Crippen LogP contribution in [0.4, 0.5) is 0 Å². The Balaban J connectivity index is 2.22. The van der Waals surface area contributed by atoms with Gasteiger partial charge in [-0.15, -0.1) is 11.3 Å². The number of hydrogen-bond donors (Lipinski definition) is 1. The van der Waals surface area contributed by atoms with Crippen molar-refractivity contribution in [3.8, 4) is 0 Å². The lowest BCUT2D eigenvalue weighted by Gasteiger charge is -2.32. The van der Waals surface area contributed by atoms with Crippen LogP contribution in [0.15, 0.2) is 0 Å². The van der Waals surface area contributed by atoms with Gasteiger partial charge in [0.05, 0.1) is 10.7 Å². The van der Waals surface area contributed by atoms with E-state index in [0.717, 1.165) is 30.0 Å². The Morgan fingerprint density at radius 3 is 2.76 bits per heavy atom. The zero-order valence-electron chi connectivity index (χ0n) is 12.8. The second kappa shape index (κ2) is 6.56. The van der Waals surface area contributed by atoms with E-state index in [1.807, 2.05) is 6.92 Å². The first-order valence-electron chi connectivity index (χ1n) is 7.40. The molecule has 1 aliphatic heterocycles. The van der Waals surface area contributed by atoms with Gasteiger partial charge in [0.1, 0.15) is 10.9 Å². The standard InChI is InChI=1S/C15H22N2O3S/c1-9(2)8-12-16-10(3)13(21-12)14(18)17-7-5-4-6-11(17)15(19)20/h9,11H,4-8H2,1-3H3,(H,19,20). The number of nitrogens with zero attached hydrogens (tertiary/aromatic N) is 2. The van der Waals surface area contributed by atoms with Crippen molar-refractivity contribution in [2.45, 2.75) is 52.5 Å². The van der Waals surface area contributed by atoms with Crippen LogP contribution in [-0.2, 0) is 11.2 Å². The number of aromatic nitrogens is 1. The van der Waals surface area contributed by atoms with Crippen molar-refractivity contribution in [3.05, 3.63) is 15.6 Å². The molecule has 1 atom stereocenters. The van der Waals surface area contributed by atoms with Crippen LogP contribution in [0.25, 0.3) is 0 Å². The van der Waals surface area contributed by atoms with Gasteiger partial charge in [-0.1, -0.05) is 13.8 Å². The van der Waals surface area contributed by atoms with Gasteiger partial charge in [0, 0.05) is 13.0 Å². The summed E-state index contributed by atoms with van der Waals surface area (Å²) in [5.74, 6) is -0.597. The molecule has 1 N–H and O–H groups in total. The Morgan fingerprint density at radius 1 is 1.43 bits per heavy atom. The third-order valence-electron chi connectivity index (χ3n) is 3.67. The highest BCUT2D eigenvalue weighted by Crippen LogP contribution is 2.26. The first-order chi connectivity index (χ1) is 9.90.